The fraction of sp³-hybridized carbons (Fsp3) is 0.500. The first-order valence-electron chi connectivity index (χ1n) is 10.6. The largest absolute Gasteiger partial charge is 0.494 e. The van der Waals surface area contributed by atoms with Crippen LogP contribution in [0.1, 0.15) is 70.8 Å². The minimum atomic E-state index is 0.783. The van der Waals surface area contributed by atoms with Gasteiger partial charge in [0.15, 0.2) is 0 Å². The molecule has 0 saturated carbocycles. The van der Waals surface area contributed by atoms with Gasteiger partial charge >= 0.3 is 0 Å². The number of unbranched alkanes of at least 4 members (excludes halogenated alkanes) is 6. The maximum absolute atomic E-state index is 5.76. The highest BCUT2D eigenvalue weighted by molar-refractivity contribution is 5.43. The van der Waals surface area contributed by atoms with Gasteiger partial charge in [-0.25, -0.2) is 0 Å². The van der Waals surface area contributed by atoms with Crippen LogP contribution in [0.5, 0.6) is 5.75 Å². The van der Waals surface area contributed by atoms with E-state index < -0.39 is 0 Å². The SMILES string of the molecule is CCCCCCOc1ccc(N=Nc2ccc(CCCCCC)cc2)cc1. The van der Waals surface area contributed by atoms with Crippen molar-refractivity contribution in [1.82, 2.24) is 0 Å². The number of hydrogen-bond donors (Lipinski definition) is 0. The molecule has 0 spiro atoms. The molecule has 0 aliphatic heterocycles. The summed E-state index contributed by atoms with van der Waals surface area (Å²) in [4.78, 5) is 0. The van der Waals surface area contributed by atoms with E-state index in [1.165, 1.54) is 50.5 Å². The second kappa shape index (κ2) is 13.1. The van der Waals surface area contributed by atoms with E-state index >= 15 is 0 Å². The van der Waals surface area contributed by atoms with Crippen molar-refractivity contribution in [2.75, 3.05) is 6.61 Å². The zero-order chi connectivity index (χ0) is 19.2. The highest BCUT2D eigenvalue weighted by Crippen LogP contribution is 2.22. The molecule has 146 valence electrons. The van der Waals surface area contributed by atoms with Crippen molar-refractivity contribution in [3.8, 4) is 5.75 Å². The summed E-state index contributed by atoms with van der Waals surface area (Å²) in [6.45, 7) is 5.25. The van der Waals surface area contributed by atoms with E-state index in [2.05, 4.69) is 36.2 Å². The van der Waals surface area contributed by atoms with E-state index in [0.29, 0.717) is 0 Å². The van der Waals surface area contributed by atoms with E-state index in [9.17, 15) is 0 Å². The molecule has 0 amide bonds. The van der Waals surface area contributed by atoms with E-state index in [4.69, 9.17) is 4.74 Å². The molecule has 0 fully saturated rings. The number of nitrogens with zero attached hydrogens (tertiary/aromatic N) is 2. The zero-order valence-corrected chi connectivity index (χ0v) is 17.0. The number of benzene rings is 2. The van der Waals surface area contributed by atoms with Gasteiger partial charge in [-0.1, -0.05) is 64.5 Å². The second-order valence-corrected chi connectivity index (χ2v) is 7.08. The van der Waals surface area contributed by atoms with Gasteiger partial charge in [0.2, 0.25) is 0 Å². The summed E-state index contributed by atoms with van der Waals surface area (Å²) in [5.74, 6) is 0.901. The van der Waals surface area contributed by atoms with E-state index in [1.54, 1.807) is 0 Å². The van der Waals surface area contributed by atoms with Crippen LogP contribution in [0.4, 0.5) is 11.4 Å². The maximum Gasteiger partial charge on any atom is 0.119 e. The van der Waals surface area contributed by atoms with Crippen molar-refractivity contribution in [2.24, 2.45) is 10.2 Å². The van der Waals surface area contributed by atoms with Gasteiger partial charge in [-0.15, -0.1) is 0 Å². The lowest BCUT2D eigenvalue weighted by Crippen LogP contribution is -1.96. The summed E-state index contributed by atoms with van der Waals surface area (Å²) in [6, 6.07) is 16.3. The molecule has 2 aromatic carbocycles. The van der Waals surface area contributed by atoms with Crippen LogP contribution in [0.15, 0.2) is 58.8 Å². The summed E-state index contributed by atoms with van der Waals surface area (Å²) in [6.07, 6.45) is 11.2. The van der Waals surface area contributed by atoms with Crippen LogP contribution in [0.2, 0.25) is 0 Å². The average molecular weight is 367 g/mol. The minimum Gasteiger partial charge on any atom is -0.494 e. The number of aryl methyl sites for hydroxylation is 1. The molecule has 0 aliphatic rings. The van der Waals surface area contributed by atoms with Crippen LogP contribution in [0, 0.1) is 0 Å². The lowest BCUT2D eigenvalue weighted by atomic mass is 10.1. The third-order valence-corrected chi connectivity index (χ3v) is 4.64. The Balaban J connectivity index is 1.76. The van der Waals surface area contributed by atoms with Gasteiger partial charge in [0.05, 0.1) is 18.0 Å². The predicted octanol–water partition coefficient (Wildman–Crippen LogP) is 8.18. The van der Waals surface area contributed by atoms with E-state index in [0.717, 1.165) is 36.6 Å². The molecular weight excluding hydrogens is 332 g/mol. The summed E-state index contributed by atoms with van der Waals surface area (Å²) in [7, 11) is 0. The van der Waals surface area contributed by atoms with Gasteiger partial charge in [0.25, 0.3) is 0 Å². The molecule has 2 rings (SSSR count). The normalized spacial score (nSPS) is 11.2. The second-order valence-electron chi connectivity index (χ2n) is 7.08. The third-order valence-electron chi connectivity index (χ3n) is 4.64. The Morgan fingerprint density at radius 3 is 1.78 bits per heavy atom. The number of rotatable bonds is 13. The van der Waals surface area contributed by atoms with Gasteiger partial charge in [0, 0.05) is 0 Å². The number of ether oxygens (including phenoxy) is 1. The standard InChI is InChI=1S/C24H34N2O/c1-3-5-7-9-11-21-12-14-22(15-13-21)25-26-23-16-18-24(19-17-23)27-20-10-8-6-4-2/h12-19H,3-11,20H2,1-2H3. The summed E-state index contributed by atoms with van der Waals surface area (Å²) >= 11 is 0. The van der Waals surface area contributed by atoms with Crippen LogP contribution >= 0.6 is 0 Å². The molecule has 0 aromatic heterocycles. The van der Waals surface area contributed by atoms with Crippen molar-refractivity contribution in [1.29, 1.82) is 0 Å². The molecule has 3 heteroatoms. The van der Waals surface area contributed by atoms with Crippen LogP contribution in [-0.2, 0) is 6.42 Å². The molecule has 0 bridgehead atoms. The molecule has 0 radical (unpaired) electrons. The summed E-state index contributed by atoms with van der Waals surface area (Å²) < 4.78 is 5.76. The molecule has 2 aromatic rings. The molecule has 0 N–H and O–H groups in total. The number of hydrogen-bond acceptors (Lipinski definition) is 3. The van der Waals surface area contributed by atoms with Crippen LogP contribution < -0.4 is 4.74 Å². The molecular formula is C24H34N2O. The van der Waals surface area contributed by atoms with Crippen LogP contribution in [0.25, 0.3) is 0 Å². The molecule has 0 saturated heterocycles. The molecule has 0 aliphatic carbocycles. The number of azo groups is 1. The third kappa shape index (κ3) is 8.85. The topological polar surface area (TPSA) is 34.0 Å². The first-order valence-corrected chi connectivity index (χ1v) is 10.6. The fourth-order valence-corrected chi connectivity index (χ4v) is 2.93. The van der Waals surface area contributed by atoms with E-state index in [-0.39, 0.29) is 0 Å². The Bertz CT molecular complexity index is 647. The Kier molecular flexibility index (Phi) is 10.2. The molecule has 0 atom stereocenters. The Morgan fingerprint density at radius 1 is 0.630 bits per heavy atom. The van der Waals surface area contributed by atoms with Crippen molar-refractivity contribution in [2.45, 2.75) is 71.6 Å². The molecule has 0 unspecified atom stereocenters. The summed E-state index contributed by atoms with van der Waals surface area (Å²) in [5.41, 5.74) is 3.12. The van der Waals surface area contributed by atoms with Crippen molar-refractivity contribution < 1.29 is 4.74 Å². The van der Waals surface area contributed by atoms with Crippen molar-refractivity contribution in [3.05, 3.63) is 54.1 Å². The highest BCUT2D eigenvalue weighted by atomic mass is 16.5. The first-order chi connectivity index (χ1) is 13.3. The average Bonchev–Trinajstić information content (AvgIpc) is 2.71. The lowest BCUT2D eigenvalue weighted by Gasteiger charge is -2.05. The molecule has 0 heterocycles. The predicted molar refractivity (Wildman–Crippen MR) is 115 cm³/mol. The van der Waals surface area contributed by atoms with E-state index in [1.807, 2.05) is 36.4 Å². The van der Waals surface area contributed by atoms with Crippen LogP contribution in [0.3, 0.4) is 0 Å². The van der Waals surface area contributed by atoms with Crippen LogP contribution in [-0.4, -0.2) is 6.61 Å². The van der Waals surface area contributed by atoms with Gasteiger partial charge in [-0.05, 0) is 61.2 Å². The fourth-order valence-electron chi connectivity index (χ4n) is 2.93. The monoisotopic (exact) mass is 366 g/mol. The smallest absolute Gasteiger partial charge is 0.119 e. The quantitative estimate of drug-likeness (QED) is 0.260. The Morgan fingerprint density at radius 2 is 1.19 bits per heavy atom. The Labute approximate surface area is 164 Å². The van der Waals surface area contributed by atoms with Gasteiger partial charge in [-0.3, -0.25) is 0 Å². The Hall–Kier alpha value is -2.16. The van der Waals surface area contributed by atoms with Gasteiger partial charge in [0.1, 0.15) is 5.75 Å². The van der Waals surface area contributed by atoms with Crippen molar-refractivity contribution in [3.63, 3.8) is 0 Å². The maximum atomic E-state index is 5.76. The van der Waals surface area contributed by atoms with Crippen molar-refractivity contribution >= 4 is 11.4 Å². The highest BCUT2D eigenvalue weighted by Gasteiger charge is 1.97. The van der Waals surface area contributed by atoms with Gasteiger partial charge in [-0.2, -0.15) is 10.2 Å². The van der Waals surface area contributed by atoms with Gasteiger partial charge < -0.3 is 4.74 Å². The first kappa shape index (κ1) is 21.1. The minimum absolute atomic E-state index is 0.783. The zero-order valence-electron chi connectivity index (χ0n) is 17.0. The lowest BCUT2D eigenvalue weighted by molar-refractivity contribution is 0.305. The summed E-state index contributed by atoms with van der Waals surface area (Å²) in [5, 5.41) is 8.66. The molecule has 27 heavy (non-hydrogen) atoms. The molecule has 3 nitrogen and oxygen atoms in total.